The van der Waals surface area contributed by atoms with Gasteiger partial charge in [-0.3, -0.25) is 19.7 Å². The van der Waals surface area contributed by atoms with Crippen LogP contribution in [0.2, 0.25) is 0 Å². The van der Waals surface area contributed by atoms with Crippen LogP contribution in [0.1, 0.15) is 17.3 Å². The fraction of sp³-hybridized carbons (Fsp3) is 0.222. The maximum Gasteiger partial charge on any atom is 0.269 e. The summed E-state index contributed by atoms with van der Waals surface area (Å²) in [6, 6.07) is 10.2. The zero-order valence-corrected chi connectivity index (χ0v) is 14.0. The number of non-ortho nitro benzene ring substituents is 1. The summed E-state index contributed by atoms with van der Waals surface area (Å²) < 4.78 is 13.0. The fourth-order valence-electron chi connectivity index (χ4n) is 2.92. The van der Waals surface area contributed by atoms with Gasteiger partial charge >= 0.3 is 0 Å². The van der Waals surface area contributed by atoms with E-state index in [1.807, 2.05) is 0 Å². The van der Waals surface area contributed by atoms with E-state index in [0.29, 0.717) is 17.8 Å². The highest BCUT2D eigenvalue weighted by Crippen LogP contribution is 2.24. The number of hydrogen-bond donors (Lipinski definition) is 0. The lowest BCUT2D eigenvalue weighted by atomic mass is 10.1. The predicted molar refractivity (Wildman–Crippen MR) is 92.3 cm³/mol. The van der Waals surface area contributed by atoms with E-state index in [2.05, 4.69) is 0 Å². The lowest BCUT2D eigenvalue weighted by Crippen LogP contribution is -2.57. The van der Waals surface area contributed by atoms with Gasteiger partial charge in [-0.05, 0) is 43.3 Å². The van der Waals surface area contributed by atoms with Gasteiger partial charge in [-0.15, -0.1) is 0 Å². The van der Waals surface area contributed by atoms with Gasteiger partial charge in [0, 0.05) is 36.5 Å². The number of hydrogen-bond acceptors (Lipinski definition) is 4. The van der Waals surface area contributed by atoms with E-state index in [1.54, 1.807) is 6.92 Å². The quantitative estimate of drug-likeness (QED) is 0.624. The second kappa shape index (κ2) is 6.91. The molecule has 2 aromatic rings. The lowest BCUT2D eigenvalue weighted by molar-refractivity contribution is -0.384. The molecule has 1 heterocycles. The first-order valence-corrected chi connectivity index (χ1v) is 8.01. The molecule has 1 saturated heterocycles. The van der Waals surface area contributed by atoms with Gasteiger partial charge in [-0.1, -0.05) is 0 Å². The van der Waals surface area contributed by atoms with Crippen LogP contribution in [-0.2, 0) is 4.79 Å². The minimum atomic E-state index is -0.698. The van der Waals surface area contributed by atoms with Crippen molar-refractivity contribution < 1.29 is 18.9 Å². The molecule has 26 heavy (non-hydrogen) atoms. The van der Waals surface area contributed by atoms with Crippen LogP contribution in [0.4, 0.5) is 15.8 Å². The van der Waals surface area contributed by atoms with Crippen LogP contribution in [-0.4, -0.2) is 40.8 Å². The molecule has 1 aliphatic heterocycles. The topological polar surface area (TPSA) is 83.8 Å². The third-order valence-corrected chi connectivity index (χ3v) is 4.38. The van der Waals surface area contributed by atoms with Crippen LogP contribution in [0, 0.1) is 15.9 Å². The monoisotopic (exact) mass is 357 g/mol. The smallest absolute Gasteiger partial charge is 0.269 e. The Morgan fingerprint density at radius 1 is 1.12 bits per heavy atom. The van der Waals surface area contributed by atoms with Gasteiger partial charge in [0.15, 0.2) is 0 Å². The van der Waals surface area contributed by atoms with Crippen molar-refractivity contribution in [1.29, 1.82) is 0 Å². The third-order valence-electron chi connectivity index (χ3n) is 4.38. The minimum Gasteiger partial charge on any atom is -0.325 e. The molecule has 1 fully saturated rings. The van der Waals surface area contributed by atoms with Crippen LogP contribution in [0.3, 0.4) is 0 Å². The Bertz CT molecular complexity index is 852. The summed E-state index contributed by atoms with van der Waals surface area (Å²) >= 11 is 0. The molecule has 1 aliphatic rings. The van der Waals surface area contributed by atoms with Gasteiger partial charge in [0.25, 0.3) is 11.6 Å². The Kier molecular flexibility index (Phi) is 4.66. The largest absolute Gasteiger partial charge is 0.325 e. The molecule has 1 unspecified atom stereocenters. The Labute approximate surface area is 148 Å². The van der Waals surface area contributed by atoms with Gasteiger partial charge in [-0.25, -0.2) is 4.39 Å². The van der Waals surface area contributed by atoms with E-state index in [1.165, 1.54) is 58.3 Å². The number of nitrogens with zero attached hydrogens (tertiary/aromatic N) is 3. The molecular weight excluding hydrogens is 341 g/mol. The van der Waals surface area contributed by atoms with E-state index in [4.69, 9.17) is 0 Å². The Hall–Kier alpha value is -3.29. The highest BCUT2D eigenvalue weighted by Gasteiger charge is 2.35. The molecule has 0 aromatic heterocycles. The number of piperazine rings is 1. The summed E-state index contributed by atoms with van der Waals surface area (Å²) in [6.45, 7) is 2.20. The van der Waals surface area contributed by atoms with Crippen LogP contribution in [0.15, 0.2) is 48.5 Å². The van der Waals surface area contributed by atoms with Gasteiger partial charge in [-0.2, -0.15) is 0 Å². The van der Waals surface area contributed by atoms with Crippen LogP contribution in [0.5, 0.6) is 0 Å². The molecule has 0 spiro atoms. The number of rotatable bonds is 3. The van der Waals surface area contributed by atoms with E-state index in [-0.39, 0.29) is 24.0 Å². The normalized spacial score (nSPS) is 17.3. The number of anilines is 1. The minimum absolute atomic E-state index is 0.0561. The average Bonchev–Trinajstić information content (AvgIpc) is 2.64. The molecule has 2 amide bonds. The molecule has 0 saturated carbocycles. The van der Waals surface area contributed by atoms with Crippen molar-refractivity contribution in [3.63, 3.8) is 0 Å². The molecule has 2 aromatic carbocycles. The lowest BCUT2D eigenvalue weighted by Gasteiger charge is -2.39. The highest BCUT2D eigenvalue weighted by molar-refractivity contribution is 6.03. The van der Waals surface area contributed by atoms with Crippen molar-refractivity contribution in [1.82, 2.24) is 4.90 Å². The molecule has 8 heteroatoms. The molecule has 134 valence electrons. The average molecular weight is 357 g/mol. The molecule has 7 nitrogen and oxygen atoms in total. The Morgan fingerprint density at radius 2 is 1.73 bits per heavy atom. The predicted octanol–water partition coefficient (Wildman–Crippen LogP) is 2.61. The second-order valence-corrected chi connectivity index (χ2v) is 5.94. The summed E-state index contributed by atoms with van der Waals surface area (Å²) in [5.74, 6) is -1.05. The first kappa shape index (κ1) is 17.5. The number of carbonyl (C=O) groups is 2. The van der Waals surface area contributed by atoms with Gasteiger partial charge in [0.2, 0.25) is 5.91 Å². The number of nitro benzene ring substituents is 1. The maximum atomic E-state index is 13.0. The van der Waals surface area contributed by atoms with Crippen LogP contribution < -0.4 is 4.90 Å². The summed E-state index contributed by atoms with van der Waals surface area (Å²) in [5.41, 5.74) is 0.801. The standard InChI is InChI=1S/C18H16FN3O4/c1-12-17(23)21(15-6-8-16(9-7-15)22(25)26)11-10-20(12)18(24)13-2-4-14(19)5-3-13/h2-9,12H,10-11H2,1H3. The maximum absolute atomic E-state index is 13.0. The van der Waals surface area contributed by atoms with Crippen LogP contribution in [0.25, 0.3) is 0 Å². The van der Waals surface area contributed by atoms with E-state index >= 15 is 0 Å². The first-order chi connectivity index (χ1) is 12.4. The summed E-state index contributed by atoms with van der Waals surface area (Å²) in [4.78, 5) is 38.4. The second-order valence-electron chi connectivity index (χ2n) is 5.94. The van der Waals surface area contributed by atoms with Crippen molar-refractivity contribution in [3.05, 3.63) is 70.0 Å². The Morgan fingerprint density at radius 3 is 2.31 bits per heavy atom. The fourth-order valence-corrected chi connectivity index (χ4v) is 2.92. The summed E-state index contributed by atoms with van der Waals surface area (Å²) in [7, 11) is 0. The van der Waals surface area contributed by atoms with Crippen molar-refractivity contribution in [2.45, 2.75) is 13.0 Å². The van der Waals surface area contributed by atoms with Crippen molar-refractivity contribution in [2.75, 3.05) is 18.0 Å². The SMILES string of the molecule is CC1C(=O)N(c2ccc([N+](=O)[O-])cc2)CCN1C(=O)c1ccc(F)cc1. The van der Waals surface area contributed by atoms with Crippen LogP contribution >= 0.6 is 0 Å². The molecule has 0 aliphatic carbocycles. The first-order valence-electron chi connectivity index (χ1n) is 8.01. The van der Waals surface area contributed by atoms with E-state index in [9.17, 15) is 24.1 Å². The van der Waals surface area contributed by atoms with Crippen molar-refractivity contribution in [3.8, 4) is 0 Å². The zero-order chi connectivity index (χ0) is 18.8. The van der Waals surface area contributed by atoms with Gasteiger partial charge < -0.3 is 9.80 Å². The molecule has 0 radical (unpaired) electrons. The Balaban J connectivity index is 1.76. The third kappa shape index (κ3) is 3.26. The number of nitro groups is 1. The molecule has 1 atom stereocenters. The van der Waals surface area contributed by atoms with E-state index in [0.717, 1.165) is 0 Å². The van der Waals surface area contributed by atoms with Crippen molar-refractivity contribution >= 4 is 23.2 Å². The number of carbonyl (C=O) groups excluding carboxylic acids is 2. The molecular formula is C18H16FN3O4. The number of halogens is 1. The zero-order valence-electron chi connectivity index (χ0n) is 14.0. The molecule has 0 bridgehead atoms. The molecule has 0 N–H and O–H groups in total. The van der Waals surface area contributed by atoms with Crippen molar-refractivity contribution in [2.24, 2.45) is 0 Å². The summed E-state index contributed by atoms with van der Waals surface area (Å²) in [5, 5.41) is 10.7. The van der Waals surface area contributed by atoms with Gasteiger partial charge in [0.1, 0.15) is 11.9 Å². The highest BCUT2D eigenvalue weighted by atomic mass is 19.1. The molecule has 3 rings (SSSR count). The summed E-state index contributed by atoms with van der Waals surface area (Å²) in [6.07, 6.45) is 0. The number of benzene rings is 2. The number of amides is 2. The van der Waals surface area contributed by atoms with Gasteiger partial charge in [0.05, 0.1) is 4.92 Å². The van der Waals surface area contributed by atoms with E-state index < -0.39 is 16.8 Å².